The fraction of sp³-hybridized carbons (Fsp3) is 0.118. The summed E-state index contributed by atoms with van der Waals surface area (Å²) in [7, 11) is 0. The summed E-state index contributed by atoms with van der Waals surface area (Å²) in [5.74, 6) is -1.38. The van der Waals surface area contributed by atoms with Crippen molar-refractivity contribution in [2.45, 2.75) is 6.92 Å². The molecular formula is C17H14ClN3O5. The number of carbonyl (C=O) groups is 1. The van der Waals surface area contributed by atoms with Gasteiger partial charge in [-0.3, -0.25) is 10.1 Å². The normalized spacial score (nSPS) is 11.9. The molecular weight excluding hydrogens is 362 g/mol. The molecule has 134 valence electrons. The van der Waals surface area contributed by atoms with E-state index >= 15 is 0 Å². The largest absolute Gasteiger partial charge is 0.505 e. The second-order valence-electron chi connectivity index (χ2n) is 4.90. The van der Waals surface area contributed by atoms with Crippen molar-refractivity contribution in [3.8, 4) is 0 Å². The molecule has 0 bridgehead atoms. The number of nitro benzene ring substituents is 1. The molecule has 0 aromatic heterocycles. The maximum atomic E-state index is 12.1. The van der Waals surface area contributed by atoms with Gasteiger partial charge in [0.1, 0.15) is 0 Å². The van der Waals surface area contributed by atoms with Crippen LogP contribution in [0.5, 0.6) is 0 Å². The first kappa shape index (κ1) is 19.1. The number of nitrogens with zero attached hydrogens (tertiary/aromatic N) is 3. The number of benzene rings is 2. The van der Waals surface area contributed by atoms with Crippen LogP contribution < -0.4 is 0 Å². The van der Waals surface area contributed by atoms with Crippen LogP contribution in [-0.4, -0.2) is 22.6 Å². The van der Waals surface area contributed by atoms with E-state index in [1.807, 2.05) is 0 Å². The topological polar surface area (TPSA) is 114 Å². The van der Waals surface area contributed by atoms with Crippen molar-refractivity contribution < 1.29 is 19.6 Å². The van der Waals surface area contributed by atoms with E-state index in [-0.39, 0.29) is 17.9 Å². The Morgan fingerprint density at radius 3 is 2.35 bits per heavy atom. The third-order valence-corrected chi connectivity index (χ3v) is 3.39. The van der Waals surface area contributed by atoms with Gasteiger partial charge in [0.2, 0.25) is 5.70 Å². The summed E-state index contributed by atoms with van der Waals surface area (Å²) in [4.78, 5) is 22.2. The second kappa shape index (κ2) is 8.72. The SMILES string of the molecule is CCOC(=O)C(N=Nc1ccc(Cl)cc1)=C(O)c1ccc([N+](=O)[O-])cc1. The number of hydrogen-bond donors (Lipinski definition) is 1. The number of rotatable bonds is 6. The molecule has 0 atom stereocenters. The second-order valence-corrected chi connectivity index (χ2v) is 5.33. The number of halogens is 1. The molecule has 0 saturated heterocycles. The Bertz CT molecular complexity index is 861. The highest BCUT2D eigenvalue weighted by Crippen LogP contribution is 2.23. The number of non-ortho nitro benzene ring substituents is 1. The fourth-order valence-corrected chi connectivity index (χ4v) is 2.00. The Balaban J connectivity index is 2.41. The lowest BCUT2D eigenvalue weighted by Gasteiger charge is -2.06. The zero-order valence-electron chi connectivity index (χ0n) is 13.6. The van der Waals surface area contributed by atoms with Crippen LogP contribution in [0.25, 0.3) is 5.76 Å². The molecule has 26 heavy (non-hydrogen) atoms. The van der Waals surface area contributed by atoms with Gasteiger partial charge in [0, 0.05) is 22.7 Å². The lowest BCUT2D eigenvalue weighted by Crippen LogP contribution is -2.08. The molecule has 2 rings (SSSR count). The molecule has 0 saturated carbocycles. The highest BCUT2D eigenvalue weighted by atomic mass is 35.5. The van der Waals surface area contributed by atoms with Crippen LogP contribution in [-0.2, 0) is 9.53 Å². The van der Waals surface area contributed by atoms with Crippen LogP contribution in [0.15, 0.2) is 64.5 Å². The van der Waals surface area contributed by atoms with Crippen molar-refractivity contribution in [3.63, 3.8) is 0 Å². The third kappa shape index (κ3) is 4.87. The van der Waals surface area contributed by atoms with E-state index in [1.54, 1.807) is 31.2 Å². The van der Waals surface area contributed by atoms with Crippen molar-refractivity contribution in [3.05, 3.63) is 74.9 Å². The summed E-state index contributed by atoms with van der Waals surface area (Å²) >= 11 is 5.79. The number of aliphatic hydroxyl groups excluding tert-OH is 1. The Kier molecular flexibility index (Phi) is 6.40. The minimum absolute atomic E-state index is 0.0757. The van der Waals surface area contributed by atoms with Gasteiger partial charge in [-0.2, -0.15) is 5.11 Å². The number of ether oxygens (including phenoxy) is 1. The molecule has 0 aliphatic carbocycles. The minimum Gasteiger partial charge on any atom is -0.505 e. The van der Waals surface area contributed by atoms with E-state index in [1.165, 1.54) is 24.3 Å². The smallest absolute Gasteiger partial charge is 0.362 e. The molecule has 0 aliphatic heterocycles. The molecule has 0 heterocycles. The van der Waals surface area contributed by atoms with E-state index in [0.29, 0.717) is 10.7 Å². The Morgan fingerprint density at radius 2 is 1.81 bits per heavy atom. The van der Waals surface area contributed by atoms with Gasteiger partial charge in [0.25, 0.3) is 5.69 Å². The van der Waals surface area contributed by atoms with Crippen LogP contribution >= 0.6 is 11.6 Å². The molecule has 0 amide bonds. The summed E-state index contributed by atoms with van der Waals surface area (Å²) < 4.78 is 4.88. The first-order chi connectivity index (χ1) is 12.4. The van der Waals surface area contributed by atoms with Gasteiger partial charge in [0.05, 0.1) is 17.2 Å². The average molecular weight is 376 g/mol. The summed E-state index contributed by atoms with van der Waals surface area (Å²) in [5.41, 5.74) is -0.000847. The lowest BCUT2D eigenvalue weighted by molar-refractivity contribution is -0.384. The molecule has 8 nitrogen and oxygen atoms in total. The Morgan fingerprint density at radius 1 is 1.19 bits per heavy atom. The summed E-state index contributed by atoms with van der Waals surface area (Å²) in [5, 5.41) is 29.2. The van der Waals surface area contributed by atoms with Gasteiger partial charge < -0.3 is 9.84 Å². The number of carbonyl (C=O) groups excluding carboxylic acids is 1. The van der Waals surface area contributed by atoms with Gasteiger partial charge >= 0.3 is 5.97 Å². The van der Waals surface area contributed by atoms with Crippen LogP contribution in [0.1, 0.15) is 12.5 Å². The van der Waals surface area contributed by atoms with Crippen LogP contribution in [0.3, 0.4) is 0 Å². The van der Waals surface area contributed by atoms with Crippen molar-refractivity contribution in [1.29, 1.82) is 0 Å². The molecule has 2 aromatic carbocycles. The van der Waals surface area contributed by atoms with E-state index in [4.69, 9.17) is 16.3 Å². The zero-order valence-corrected chi connectivity index (χ0v) is 14.4. The predicted octanol–water partition coefficient (Wildman–Crippen LogP) is 4.82. The van der Waals surface area contributed by atoms with Crippen molar-refractivity contribution in [2.75, 3.05) is 6.61 Å². The molecule has 0 radical (unpaired) electrons. The van der Waals surface area contributed by atoms with Crippen molar-refractivity contribution >= 4 is 34.7 Å². The van der Waals surface area contributed by atoms with E-state index in [9.17, 15) is 20.0 Å². The summed E-state index contributed by atoms with van der Waals surface area (Å²) in [6, 6.07) is 11.3. The molecule has 9 heteroatoms. The number of esters is 1. The molecule has 0 unspecified atom stereocenters. The Labute approximate surface area is 153 Å². The minimum atomic E-state index is -0.874. The maximum absolute atomic E-state index is 12.1. The predicted molar refractivity (Wildman–Crippen MR) is 95.2 cm³/mol. The number of nitro groups is 1. The van der Waals surface area contributed by atoms with E-state index in [0.717, 1.165) is 0 Å². The standard InChI is InChI=1S/C17H14ClN3O5/c1-2-26-17(23)15(20-19-13-7-5-12(18)6-8-13)16(22)11-3-9-14(10-4-11)21(24)25/h3-10,22H,2H2,1H3. The van der Waals surface area contributed by atoms with E-state index in [2.05, 4.69) is 10.2 Å². The summed E-state index contributed by atoms with van der Waals surface area (Å²) in [6.45, 7) is 1.68. The average Bonchev–Trinajstić information content (AvgIpc) is 2.63. The molecule has 1 N–H and O–H groups in total. The van der Waals surface area contributed by atoms with Gasteiger partial charge in [-0.1, -0.05) is 11.6 Å². The fourth-order valence-electron chi connectivity index (χ4n) is 1.88. The summed E-state index contributed by atoms with van der Waals surface area (Å²) in [6.07, 6.45) is 0. The first-order valence-corrected chi connectivity index (χ1v) is 7.82. The number of azo groups is 1. The van der Waals surface area contributed by atoms with Gasteiger partial charge in [-0.25, -0.2) is 4.79 Å². The van der Waals surface area contributed by atoms with Crippen LogP contribution in [0.4, 0.5) is 11.4 Å². The number of aliphatic hydroxyl groups is 1. The van der Waals surface area contributed by atoms with Crippen molar-refractivity contribution in [1.82, 2.24) is 0 Å². The lowest BCUT2D eigenvalue weighted by atomic mass is 10.1. The molecule has 2 aromatic rings. The van der Waals surface area contributed by atoms with Crippen LogP contribution in [0.2, 0.25) is 5.02 Å². The van der Waals surface area contributed by atoms with E-state index < -0.39 is 22.3 Å². The quantitative estimate of drug-likeness (QED) is 0.194. The van der Waals surface area contributed by atoms with Crippen LogP contribution in [0, 0.1) is 10.1 Å². The van der Waals surface area contributed by atoms with Gasteiger partial charge in [-0.15, -0.1) is 5.11 Å². The number of hydrogen-bond acceptors (Lipinski definition) is 7. The third-order valence-electron chi connectivity index (χ3n) is 3.14. The zero-order chi connectivity index (χ0) is 19.1. The molecule has 0 aliphatic rings. The first-order valence-electron chi connectivity index (χ1n) is 7.45. The molecule has 0 fully saturated rings. The van der Waals surface area contributed by atoms with Gasteiger partial charge in [0.15, 0.2) is 5.76 Å². The Hall–Kier alpha value is -3.26. The monoisotopic (exact) mass is 375 g/mol. The maximum Gasteiger partial charge on any atom is 0.362 e. The van der Waals surface area contributed by atoms with Crippen molar-refractivity contribution in [2.24, 2.45) is 10.2 Å². The van der Waals surface area contributed by atoms with Gasteiger partial charge in [-0.05, 0) is 43.3 Å². The highest BCUT2D eigenvalue weighted by molar-refractivity contribution is 6.30. The molecule has 0 spiro atoms. The highest BCUT2D eigenvalue weighted by Gasteiger charge is 2.19.